The SMILES string of the molecule is CCCC1(CN2CCN(CC(C)C)CC2)CCCN1. The lowest BCUT2D eigenvalue weighted by atomic mass is 9.91. The Morgan fingerprint density at radius 1 is 1.11 bits per heavy atom. The second-order valence-electron chi connectivity index (χ2n) is 7.03. The van der Waals surface area contributed by atoms with Crippen LogP contribution in [-0.2, 0) is 0 Å². The molecule has 0 aromatic carbocycles. The van der Waals surface area contributed by atoms with Crippen LogP contribution in [0.15, 0.2) is 0 Å². The fraction of sp³-hybridized carbons (Fsp3) is 1.00. The molecule has 2 aliphatic heterocycles. The van der Waals surface area contributed by atoms with Crippen molar-refractivity contribution in [1.29, 1.82) is 0 Å². The number of nitrogens with one attached hydrogen (secondary N) is 1. The van der Waals surface area contributed by atoms with Crippen LogP contribution in [0.25, 0.3) is 0 Å². The maximum absolute atomic E-state index is 3.81. The molecule has 0 aromatic heterocycles. The zero-order valence-electron chi connectivity index (χ0n) is 13.2. The summed E-state index contributed by atoms with van der Waals surface area (Å²) in [5.41, 5.74) is 0.439. The van der Waals surface area contributed by atoms with E-state index < -0.39 is 0 Å². The third-order valence-electron chi connectivity index (χ3n) is 4.68. The third-order valence-corrected chi connectivity index (χ3v) is 4.68. The molecule has 1 atom stereocenters. The fourth-order valence-electron chi connectivity index (χ4n) is 3.85. The zero-order valence-corrected chi connectivity index (χ0v) is 13.2. The highest BCUT2D eigenvalue weighted by atomic mass is 15.3. The van der Waals surface area contributed by atoms with E-state index in [1.54, 1.807) is 0 Å². The van der Waals surface area contributed by atoms with E-state index >= 15 is 0 Å². The molecule has 19 heavy (non-hydrogen) atoms. The molecule has 2 saturated heterocycles. The first-order valence-corrected chi connectivity index (χ1v) is 8.33. The van der Waals surface area contributed by atoms with E-state index in [-0.39, 0.29) is 0 Å². The highest BCUT2D eigenvalue weighted by Crippen LogP contribution is 2.26. The molecule has 112 valence electrons. The summed E-state index contributed by atoms with van der Waals surface area (Å²) in [6, 6.07) is 0. The molecular formula is C16H33N3. The zero-order chi connectivity index (χ0) is 13.7. The lowest BCUT2D eigenvalue weighted by Crippen LogP contribution is -2.55. The van der Waals surface area contributed by atoms with Crippen molar-refractivity contribution in [1.82, 2.24) is 15.1 Å². The standard InChI is InChI=1S/C16H33N3/c1-4-6-16(7-5-8-17-16)14-19-11-9-18(10-12-19)13-15(2)3/h15,17H,4-14H2,1-3H3. The van der Waals surface area contributed by atoms with Crippen LogP contribution in [0.1, 0.15) is 46.5 Å². The Bertz CT molecular complexity index is 251. The summed E-state index contributed by atoms with van der Waals surface area (Å²) in [6.45, 7) is 15.8. The van der Waals surface area contributed by atoms with Crippen LogP contribution in [0, 0.1) is 5.92 Å². The first-order valence-electron chi connectivity index (χ1n) is 8.33. The Hall–Kier alpha value is -0.120. The summed E-state index contributed by atoms with van der Waals surface area (Å²) >= 11 is 0. The Labute approximate surface area is 119 Å². The van der Waals surface area contributed by atoms with Gasteiger partial charge in [-0.2, -0.15) is 0 Å². The summed E-state index contributed by atoms with van der Waals surface area (Å²) in [7, 11) is 0. The van der Waals surface area contributed by atoms with Crippen molar-refractivity contribution in [3.05, 3.63) is 0 Å². The van der Waals surface area contributed by atoms with Gasteiger partial charge in [0.2, 0.25) is 0 Å². The van der Waals surface area contributed by atoms with Gasteiger partial charge in [-0.1, -0.05) is 27.2 Å². The quantitative estimate of drug-likeness (QED) is 0.796. The highest BCUT2D eigenvalue weighted by Gasteiger charge is 2.34. The monoisotopic (exact) mass is 267 g/mol. The van der Waals surface area contributed by atoms with E-state index in [9.17, 15) is 0 Å². The van der Waals surface area contributed by atoms with Crippen molar-refractivity contribution < 1.29 is 0 Å². The van der Waals surface area contributed by atoms with Gasteiger partial charge < -0.3 is 10.2 Å². The Morgan fingerprint density at radius 2 is 1.79 bits per heavy atom. The molecule has 0 spiro atoms. The van der Waals surface area contributed by atoms with E-state index in [0.717, 1.165) is 5.92 Å². The van der Waals surface area contributed by atoms with Gasteiger partial charge in [0.1, 0.15) is 0 Å². The van der Waals surface area contributed by atoms with Gasteiger partial charge in [-0.25, -0.2) is 0 Å². The summed E-state index contributed by atoms with van der Waals surface area (Å²) in [6.07, 6.45) is 5.40. The molecule has 1 N–H and O–H groups in total. The smallest absolute Gasteiger partial charge is 0.0309 e. The molecular weight excluding hydrogens is 234 g/mol. The lowest BCUT2D eigenvalue weighted by Gasteiger charge is -2.41. The predicted molar refractivity (Wildman–Crippen MR) is 82.6 cm³/mol. The van der Waals surface area contributed by atoms with E-state index in [1.165, 1.54) is 71.5 Å². The number of nitrogens with zero attached hydrogens (tertiary/aromatic N) is 2. The van der Waals surface area contributed by atoms with E-state index in [0.29, 0.717) is 5.54 Å². The maximum Gasteiger partial charge on any atom is 0.0309 e. The molecule has 2 fully saturated rings. The van der Waals surface area contributed by atoms with Crippen LogP contribution in [0.3, 0.4) is 0 Å². The van der Waals surface area contributed by atoms with Crippen molar-refractivity contribution >= 4 is 0 Å². The number of hydrogen-bond acceptors (Lipinski definition) is 3. The summed E-state index contributed by atoms with van der Waals surface area (Å²) in [5, 5.41) is 3.81. The van der Waals surface area contributed by atoms with Crippen molar-refractivity contribution in [3.63, 3.8) is 0 Å². The van der Waals surface area contributed by atoms with Gasteiger partial charge in [0.05, 0.1) is 0 Å². The van der Waals surface area contributed by atoms with Gasteiger partial charge >= 0.3 is 0 Å². The van der Waals surface area contributed by atoms with Gasteiger partial charge in [-0.3, -0.25) is 4.90 Å². The normalized spacial score (nSPS) is 30.3. The third kappa shape index (κ3) is 4.44. The Balaban J connectivity index is 1.78. The number of rotatable bonds is 6. The molecule has 0 saturated carbocycles. The minimum Gasteiger partial charge on any atom is -0.310 e. The lowest BCUT2D eigenvalue weighted by molar-refractivity contribution is 0.0949. The average molecular weight is 267 g/mol. The number of hydrogen-bond donors (Lipinski definition) is 1. The maximum atomic E-state index is 3.81. The molecule has 0 aromatic rings. The van der Waals surface area contributed by atoms with Crippen LogP contribution in [0.4, 0.5) is 0 Å². The highest BCUT2D eigenvalue weighted by molar-refractivity contribution is 4.96. The van der Waals surface area contributed by atoms with E-state index in [1.807, 2.05) is 0 Å². The molecule has 0 radical (unpaired) electrons. The molecule has 3 heteroatoms. The molecule has 0 bridgehead atoms. The van der Waals surface area contributed by atoms with Crippen molar-refractivity contribution in [3.8, 4) is 0 Å². The molecule has 2 heterocycles. The second-order valence-corrected chi connectivity index (χ2v) is 7.03. The molecule has 0 amide bonds. The minimum atomic E-state index is 0.439. The van der Waals surface area contributed by atoms with Crippen molar-refractivity contribution in [2.45, 2.75) is 52.0 Å². The first kappa shape index (κ1) is 15.3. The fourth-order valence-corrected chi connectivity index (χ4v) is 3.85. The van der Waals surface area contributed by atoms with Crippen LogP contribution >= 0.6 is 0 Å². The van der Waals surface area contributed by atoms with Crippen LogP contribution < -0.4 is 5.32 Å². The van der Waals surface area contributed by atoms with Gasteiger partial charge in [-0.05, 0) is 31.7 Å². The Kier molecular flexibility index (Phi) is 5.67. The van der Waals surface area contributed by atoms with E-state index in [2.05, 4.69) is 35.9 Å². The molecule has 2 rings (SSSR count). The van der Waals surface area contributed by atoms with Crippen molar-refractivity contribution in [2.75, 3.05) is 45.8 Å². The minimum absolute atomic E-state index is 0.439. The van der Waals surface area contributed by atoms with Gasteiger partial charge in [0.25, 0.3) is 0 Å². The van der Waals surface area contributed by atoms with Crippen molar-refractivity contribution in [2.24, 2.45) is 5.92 Å². The second kappa shape index (κ2) is 7.05. The molecule has 3 nitrogen and oxygen atoms in total. The van der Waals surface area contributed by atoms with E-state index in [4.69, 9.17) is 0 Å². The largest absolute Gasteiger partial charge is 0.310 e. The number of piperazine rings is 1. The Morgan fingerprint density at radius 3 is 2.32 bits per heavy atom. The van der Waals surface area contributed by atoms with Crippen LogP contribution in [-0.4, -0.2) is 61.2 Å². The van der Waals surface area contributed by atoms with Gasteiger partial charge in [0.15, 0.2) is 0 Å². The molecule has 2 aliphatic rings. The summed E-state index contributed by atoms with van der Waals surface area (Å²) in [4.78, 5) is 5.33. The predicted octanol–water partition coefficient (Wildman–Crippen LogP) is 2.18. The van der Waals surface area contributed by atoms with Gasteiger partial charge in [0, 0.05) is 44.8 Å². The molecule has 1 unspecified atom stereocenters. The molecule has 0 aliphatic carbocycles. The van der Waals surface area contributed by atoms with Crippen LogP contribution in [0.2, 0.25) is 0 Å². The van der Waals surface area contributed by atoms with Gasteiger partial charge in [-0.15, -0.1) is 0 Å². The summed E-state index contributed by atoms with van der Waals surface area (Å²) < 4.78 is 0. The summed E-state index contributed by atoms with van der Waals surface area (Å²) in [5.74, 6) is 0.800. The van der Waals surface area contributed by atoms with Crippen LogP contribution in [0.5, 0.6) is 0 Å². The topological polar surface area (TPSA) is 18.5 Å². The average Bonchev–Trinajstić information content (AvgIpc) is 2.80. The first-order chi connectivity index (χ1) is 9.13.